The molecule has 0 unspecified atom stereocenters. The van der Waals surface area contributed by atoms with E-state index >= 15 is 0 Å². The number of rotatable bonds is 6. The van der Waals surface area contributed by atoms with Gasteiger partial charge in [0.15, 0.2) is 0 Å². The van der Waals surface area contributed by atoms with Gasteiger partial charge in [0, 0.05) is 28.2 Å². The molecule has 3 aromatic rings. The van der Waals surface area contributed by atoms with Crippen molar-refractivity contribution in [2.75, 3.05) is 21.3 Å². The maximum Gasteiger partial charge on any atom is 0.338 e. The number of halogens is 1. The van der Waals surface area contributed by atoms with Crippen LogP contribution in [0.25, 0.3) is 17.0 Å². The fourth-order valence-electron chi connectivity index (χ4n) is 3.04. The Bertz CT molecular complexity index is 990. The van der Waals surface area contributed by atoms with Crippen molar-refractivity contribution in [2.45, 2.75) is 6.54 Å². The molecule has 0 atom stereocenters. The van der Waals surface area contributed by atoms with E-state index in [0.29, 0.717) is 12.1 Å². The van der Waals surface area contributed by atoms with Crippen LogP contribution in [0.3, 0.4) is 0 Å². The monoisotopic (exact) mass is 429 g/mol. The number of carbonyl (C=O) groups is 1. The third-order valence-electron chi connectivity index (χ3n) is 4.30. The molecule has 0 bridgehead atoms. The van der Waals surface area contributed by atoms with Gasteiger partial charge in [-0.3, -0.25) is 0 Å². The molecule has 3 rings (SSSR count). The van der Waals surface area contributed by atoms with Crippen LogP contribution >= 0.6 is 15.9 Å². The topological polar surface area (TPSA) is 49.7 Å². The molecule has 0 spiro atoms. The van der Waals surface area contributed by atoms with Gasteiger partial charge in [0.05, 0.1) is 38.7 Å². The summed E-state index contributed by atoms with van der Waals surface area (Å²) in [7, 11) is 4.62. The predicted molar refractivity (Wildman–Crippen MR) is 109 cm³/mol. The molecule has 1 aromatic heterocycles. The number of methoxy groups -OCH3 is 3. The molecule has 0 aliphatic rings. The lowest BCUT2D eigenvalue weighted by atomic mass is 10.1. The Balaban J connectivity index is 2.17. The van der Waals surface area contributed by atoms with E-state index in [9.17, 15) is 4.79 Å². The van der Waals surface area contributed by atoms with Crippen molar-refractivity contribution in [1.29, 1.82) is 0 Å². The van der Waals surface area contributed by atoms with Crippen molar-refractivity contribution >= 4 is 38.9 Å². The molecule has 0 N–H and O–H groups in total. The van der Waals surface area contributed by atoms with Gasteiger partial charge >= 0.3 is 5.97 Å². The molecule has 0 aliphatic heterocycles. The highest BCUT2D eigenvalue weighted by atomic mass is 79.9. The van der Waals surface area contributed by atoms with E-state index in [2.05, 4.69) is 20.5 Å². The lowest BCUT2D eigenvalue weighted by Crippen LogP contribution is -2.03. The zero-order valence-electron chi connectivity index (χ0n) is 15.4. The van der Waals surface area contributed by atoms with Gasteiger partial charge < -0.3 is 18.8 Å². The number of nitrogens with zero attached hydrogens (tertiary/aromatic N) is 1. The first kappa shape index (κ1) is 19.0. The normalized spacial score (nSPS) is 11.1. The molecule has 140 valence electrons. The van der Waals surface area contributed by atoms with Crippen molar-refractivity contribution in [2.24, 2.45) is 0 Å². The molecule has 0 saturated carbocycles. The van der Waals surface area contributed by atoms with Crippen LogP contribution in [0.1, 0.15) is 21.5 Å². The summed E-state index contributed by atoms with van der Waals surface area (Å²) in [5, 5.41) is 0.818. The zero-order chi connectivity index (χ0) is 19.4. The molecule has 5 nitrogen and oxygen atoms in total. The summed E-state index contributed by atoms with van der Waals surface area (Å²) in [6.07, 6.45) is 5.43. The summed E-state index contributed by atoms with van der Waals surface area (Å²) in [5.74, 6) is 0.441. The van der Waals surface area contributed by atoms with E-state index < -0.39 is 0 Å². The van der Waals surface area contributed by atoms with Gasteiger partial charge in [-0.1, -0.05) is 12.1 Å². The lowest BCUT2D eigenvalue weighted by molar-refractivity contribution is 0.0603. The Morgan fingerprint density at radius 1 is 1.11 bits per heavy atom. The highest BCUT2D eigenvalue weighted by Gasteiger charge is 2.19. The first-order valence-electron chi connectivity index (χ1n) is 8.31. The molecule has 0 amide bonds. The standard InChI is InChI=1S/C21H20BrNO4/c1-25-11-10-15-13-23(12-14-4-6-16(26-2)7-5-14)20-18(22)9-8-17(19(15)20)21(24)27-3/h4-11,13H,12H2,1-3H3. The van der Waals surface area contributed by atoms with Gasteiger partial charge in [-0.2, -0.15) is 0 Å². The Labute approximate surface area is 166 Å². The van der Waals surface area contributed by atoms with E-state index in [-0.39, 0.29) is 5.97 Å². The molecule has 0 aliphatic carbocycles. The number of hydrogen-bond acceptors (Lipinski definition) is 4. The summed E-state index contributed by atoms with van der Waals surface area (Å²) in [5.41, 5.74) is 3.43. The Morgan fingerprint density at radius 3 is 2.48 bits per heavy atom. The zero-order valence-corrected chi connectivity index (χ0v) is 16.9. The second kappa shape index (κ2) is 8.31. The van der Waals surface area contributed by atoms with Crippen LogP contribution in [-0.2, 0) is 16.0 Å². The number of aromatic nitrogens is 1. The van der Waals surface area contributed by atoms with E-state index in [0.717, 1.165) is 32.3 Å². The van der Waals surface area contributed by atoms with Crippen molar-refractivity contribution in [1.82, 2.24) is 4.57 Å². The molecule has 0 radical (unpaired) electrons. The minimum absolute atomic E-state index is 0.373. The average molecular weight is 430 g/mol. The number of esters is 1. The number of hydrogen-bond donors (Lipinski definition) is 0. The fourth-order valence-corrected chi connectivity index (χ4v) is 3.59. The highest BCUT2D eigenvalue weighted by Crippen LogP contribution is 2.33. The van der Waals surface area contributed by atoms with E-state index in [1.165, 1.54) is 7.11 Å². The second-order valence-corrected chi connectivity index (χ2v) is 6.76. The quantitative estimate of drug-likeness (QED) is 0.414. The molecule has 0 fully saturated rings. The molecule has 2 aromatic carbocycles. The second-order valence-electron chi connectivity index (χ2n) is 5.91. The maximum absolute atomic E-state index is 12.3. The predicted octanol–water partition coefficient (Wildman–Crippen LogP) is 4.86. The molecular formula is C21H20BrNO4. The Hall–Kier alpha value is -2.73. The molecule has 1 heterocycles. The van der Waals surface area contributed by atoms with Gasteiger partial charge in [-0.25, -0.2) is 4.79 Å². The highest BCUT2D eigenvalue weighted by molar-refractivity contribution is 9.10. The fraction of sp³-hybridized carbons (Fsp3) is 0.190. The van der Waals surface area contributed by atoms with Gasteiger partial charge in [0.1, 0.15) is 5.75 Å². The molecule has 27 heavy (non-hydrogen) atoms. The van der Waals surface area contributed by atoms with Crippen LogP contribution in [0, 0.1) is 0 Å². The number of fused-ring (bicyclic) bond motifs is 1. The van der Waals surface area contributed by atoms with Crippen LogP contribution in [0.5, 0.6) is 5.75 Å². The van der Waals surface area contributed by atoms with Crippen molar-refractivity contribution in [3.8, 4) is 5.75 Å². The number of benzene rings is 2. The molecule has 0 saturated heterocycles. The third kappa shape index (κ3) is 3.85. The van der Waals surface area contributed by atoms with E-state index in [4.69, 9.17) is 14.2 Å². The first-order valence-corrected chi connectivity index (χ1v) is 9.10. The summed E-state index contributed by atoms with van der Waals surface area (Å²) >= 11 is 3.62. The number of carbonyl (C=O) groups excluding carboxylic acids is 1. The Morgan fingerprint density at radius 2 is 1.85 bits per heavy atom. The molecule has 6 heteroatoms. The minimum Gasteiger partial charge on any atom is -0.504 e. The number of ether oxygens (including phenoxy) is 3. The van der Waals surface area contributed by atoms with Crippen molar-refractivity contribution < 1.29 is 19.0 Å². The Kier molecular flexibility index (Phi) is 5.86. The minimum atomic E-state index is -0.373. The largest absolute Gasteiger partial charge is 0.504 e. The van der Waals surface area contributed by atoms with Crippen LogP contribution in [0.4, 0.5) is 0 Å². The smallest absolute Gasteiger partial charge is 0.338 e. The summed E-state index contributed by atoms with van der Waals surface area (Å²) in [4.78, 5) is 12.3. The molecular weight excluding hydrogens is 410 g/mol. The van der Waals surface area contributed by atoms with Gasteiger partial charge in [-0.15, -0.1) is 0 Å². The SMILES string of the molecule is COC=Cc1cn(Cc2ccc(OC)cc2)c2c(Br)ccc(C(=O)OC)c12. The summed E-state index contributed by atoms with van der Waals surface area (Å²) < 4.78 is 18.3. The summed E-state index contributed by atoms with van der Waals surface area (Å²) in [6.45, 7) is 0.643. The van der Waals surface area contributed by atoms with Crippen LogP contribution < -0.4 is 4.74 Å². The summed E-state index contributed by atoms with van der Waals surface area (Å²) in [6, 6.07) is 11.5. The van der Waals surface area contributed by atoms with Crippen molar-refractivity contribution in [3.05, 3.63) is 70.0 Å². The van der Waals surface area contributed by atoms with Crippen LogP contribution in [0.15, 0.2) is 53.3 Å². The van der Waals surface area contributed by atoms with E-state index in [1.54, 1.807) is 26.5 Å². The third-order valence-corrected chi connectivity index (χ3v) is 4.94. The average Bonchev–Trinajstić information content (AvgIpc) is 3.05. The first-order chi connectivity index (χ1) is 13.1. The van der Waals surface area contributed by atoms with Crippen LogP contribution in [-0.4, -0.2) is 31.9 Å². The van der Waals surface area contributed by atoms with Crippen molar-refractivity contribution in [3.63, 3.8) is 0 Å². The van der Waals surface area contributed by atoms with Gasteiger partial charge in [-0.05, 0) is 51.8 Å². The van der Waals surface area contributed by atoms with Gasteiger partial charge in [0.2, 0.25) is 0 Å². The maximum atomic E-state index is 12.3. The van der Waals surface area contributed by atoms with E-state index in [1.807, 2.05) is 42.6 Å². The van der Waals surface area contributed by atoms with Crippen LogP contribution in [0.2, 0.25) is 0 Å². The lowest BCUT2D eigenvalue weighted by Gasteiger charge is -2.09. The van der Waals surface area contributed by atoms with Gasteiger partial charge in [0.25, 0.3) is 0 Å².